The van der Waals surface area contributed by atoms with Gasteiger partial charge in [-0.1, -0.05) is 34.1 Å². The fraction of sp³-hybridized carbons (Fsp3) is 0.714. The van der Waals surface area contributed by atoms with E-state index < -0.39 is 0 Å². The summed E-state index contributed by atoms with van der Waals surface area (Å²) in [6, 6.07) is 0.386. The molecule has 5 heteroatoms. The highest BCUT2D eigenvalue weighted by Crippen LogP contribution is 2.26. The van der Waals surface area contributed by atoms with E-state index in [-0.39, 0.29) is 5.41 Å². The zero-order valence-corrected chi connectivity index (χ0v) is 13.0. The van der Waals surface area contributed by atoms with Gasteiger partial charge in [0.25, 0.3) is 0 Å². The van der Waals surface area contributed by atoms with Gasteiger partial charge >= 0.3 is 0 Å². The quantitative estimate of drug-likeness (QED) is 0.563. The Morgan fingerprint density at radius 3 is 2.26 bits per heavy atom. The third-order valence-corrected chi connectivity index (χ3v) is 3.06. The lowest BCUT2D eigenvalue weighted by Crippen LogP contribution is -2.23. The van der Waals surface area contributed by atoms with Gasteiger partial charge in [0.05, 0.1) is 0 Å². The highest BCUT2D eigenvalue weighted by molar-refractivity contribution is 5.57. The van der Waals surface area contributed by atoms with Crippen molar-refractivity contribution in [2.45, 2.75) is 65.8 Å². The molecule has 0 radical (unpaired) electrons. The van der Waals surface area contributed by atoms with Crippen LogP contribution in [0.15, 0.2) is 0 Å². The Kier molecular flexibility index (Phi) is 5.11. The van der Waals surface area contributed by atoms with Gasteiger partial charge in [0.2, 0.25) is 0 Å². The van der Waals surface area contributed by atoms with E-state index in [0.29, 0.717) is 11.9 Å². The van der Waals surface area contributed by atoms with Crippen molar-refractivity contribution in [2.75, 3.05) is 10.7 Å². The Bertz CT molecular complexity index is 423. The summed E-state index contributed by atoms with van der Waals surface area (Å²) in [5.74, 6) is 7.90. The molecule has 0 saturated heterocycles. The molecule has 19 heavy (non-hydrogen) atoms. The Hall–Kier alpha value is -1.36. The average Bonchev–Trinajstić information content (AvgIpc) is 2.30. The van der Waals surface area contributed by atoms with Gasteiger partial charge in [-0.2, -0.15) is 0 Å². The maximum absolute atomic E-state index is 5.55. The molecule has 1 atom stereocenters. The second kappa shape index (κ2) is 6.19. The van der Waals surface area contributed by atoms with Gasteiger partial charge in [0.1, 0.15) is 17.5 Å². The van der Waals surface area contributed by atoms with Crippen LogP contribution in [0.4, 0.5) is 11.6 Å². The number of hydrogen-bond acceptors (Lipinski definition) is 5. The van der Waals surface area contributed by atoms with Gasteiger partial charge in [0.15, 0.2) is 0 Å². The van der Waals surface area contributed by atoms with Crippen LogP contribution in [0.3, 0.4) is 0 Å². The number of nitrogens with two attached hydrogens (primary N) is 1. The zero-order chi connectivity index (χ0) is 14.6. The summed E-state index contributed by atoms with van der Waals surface area (Å²) in [5, 5.41) is 3.45. The molecule has 1 unspecified atom stereocenters. The minimum Gasteiger partial charge on any atom is -0.367 e. The molecule has 0 saturated carbocycles. The molecule has 1 aromatic heterocycles. The largest absolute Gasteiger partial charge is 0.367 e. The second-order valence-corrected chi connectivity index (χ2v) is 6.10. The van der Waals surface area contributed by atoms with Gasteiger partial charge < -0.3 is 10.7 Å². The number of nitrogen functional groups attached to an aromatic ring is 1. The lowest BCUT2D eigenvalue weighted by molar-refractivity contribution is 0.545. The standard InChI is InChI=1S/C14H27N5/c1-7-8-9(2)16-11-10(3)12(19-15)18-13(17-11)14(4,5)6/h9H,7-8,15H2,1-6H3,(H2,16,17,18,19). The van der Waals surface area contributed by atoms with Crippen LogP contribution in [-0.4, -0.2) is 16.0 Å². The lowest BCUT2D eigenvalue weighted by atomic mass is 9.95. The number of aromatic nitrogens is 2. The molecule has 4 N–H and O–H groups in total. The highest BCUT2D eigenvalue weighted by atomic mass is 15.3. The van der Waals surface area contributed by atoms with Crippen LogP contribution in [0.5, 0.6) is 0 Å². The molecule has 0 bridgehead atoms. The molecule has 1 aromatic rings. The van der Waals surface area contributed by atoms with Crippen LogP contribution in [-0.2, 0) is 5.41 Å². The lowest BCUT2D eigenvalue weighted by Gasteiger charge is -2.22. The summed E-state index contributed by atoms with van der Waals surface area (Å²) in [6.07, 6.45) is 2.26. The summed E-state index contributed by atoms with van der Waals surface area (Å²) >= 11 is 0. The van der Waals surface area contributed by atoms with E-state index in [2.05, 4.69) is 55.3 Å². The average molecular weight is 265 g/mol. The summed E-state index contributed by atoms with van der Waals surface area (Å²) in [6.45, 7) is 12.6. The number of anilines is 2. The minimum atomic E-state index is -0.107. The molecule has 0 spiro atoms. The number of rotatable bonds is 5. The van der Waals surface area contributed by atoms with Crippen molar-refractivity contribution < 1.29 is 0 Å². The Morgan fingerprint density at radius 2 is 1.79 bits per heavy atom. The first-order valence-electron chi connectivity index (χ1n) is 6.91. The molecule has 0 aliphatic carbocycles. The summed E-state index contributed by atoms with van der Waals surface area (Å²) in [4.78, 5) is 9.15. The normalized spacial score (nSPS) is 13.2. The molecule has 1 rings (SSSR count). The minimum absolute atomic E-state index is 0.107. The Balaban J connectivity index is 3.15. The van der Waals surface area contributed by atoms with E-state index in [1.165, 1.54) is 0 Å². The Morgan fingerprint density at radius 1 is 1.21 bits per heavy atom. The molecule has 0 aromatic carbocycles. The first-order chi connectivity index (χ1) is 8.79. The van der Waals surface area contributed by atoms with Crippen LogP contribution in [0.2, 0.25) is 0 Å². The van der Waals surface area contributed by atoms with Crippen molar-refractivity contribution in [1.82, 2.24) is 9.97 Å². The van der Waals surface area contributed by atoms with Crippen molar-refractivity contribution in [3.8, 4) is 0 Å². The van der Waals surface area contributed by atoms with Gasteiger partial charge in [-0.3, -0.25) is 0 Å². The fourth-order valence-electron chi connectivity index (χ4n) is 1.87. The third kappa shape index (κ3) is 4.06. The van der Waals surface area contributed by atoms with Gasteiger partial charge in [0, 0.05) is 17.0 Å². The van der Waals surface area contributed by atoms with E-state index in [1.807, 2.05) is 6.92 Å². The van der Waals surface area contributed by atoms with E-state index in [4.69, 9.17) is 5.84 Å². The molecule has 5 nitrogen and oxygen atoms in total. The van der Waals surface area contributed by atoms with Crippen LogP contribution < -0.4 is 16.6 Å². The molecule has 108 valence electrons. The fourth-order valence-corrected chi connectivity index (χ4v) is 1.87. The van der Waals surface area contributed by atoms with Crippen LogP contribution in [0.1, 0.15) is 58.8 Å². The van der Waals surface area contributed by atoms with Crippen molar-refractivity contribution in [3.63, 3.8) is 0 Å². The Labute approximate surface area is 116 Å². The van der Waals surface area contributed by atoms with Crippen LogP contribution in [0.25, 0.3) is 0 Å². The molecular weight excluding hydrogens is 238 g/mol. The van der Waals surface area contributed by atoms with E-state index in [0.717, 1.165) is 30.0 Å². The summed E-state index contributed by atoms with van der Waals surface area (Å²) in [5.41, 5.74) is 3.51. The number of hydrogen-bond donors (Lipinski definition) is 3. The predicted octanol–water partition coefficient (Wildman–Crippen LogP) is 2.97. The molecule has 0 amide bonds. The van der Waals surface area contributed by atoms with Gasteiger partial charge in [-0.25, -0.2) is 15.8 Å². The smallest absolute Gasteiger partial charge is 0.148 e. The van der Waals surface area contributed by atoms with Crippen LogP contribution >= 0.6 is 0 Å². The van der Waals surface area contributed by atoms with E-state index in [9.17, 15) is 0 Å². The number of nitrogens with zero attached hydrogens (tertiary/aromatic N) is 2. The monoisotopic (exact) mass is 265 g/mol. The van der Waals surface area contributed by atoms with Crippen LogP contribution in [0, 0.1) is 6.92 Å². The highest BCUT2D eigenvalue weighted by Gasteiger charge is 2.21. The molecule has 1 heterocycles. The van der Waals surface area contributed by atoms with Crippen molar-refractivity contribution in [3.05, 3.63) is 11.4 Å². The molecule has 0 aliphatic heterocycles. The van der Waals surface area contributed by atoms with Gasteiger partial charge in [-0.15, -0.1) is 0 Å². The summed E-state index contributed by atoms with van der Waals surface area (Å²) < 4.78 is 0. The van der Waals surface area contributed by atoms with Gasteiger partial charge in [-0.05, 0) is 20.3 Å². The zero-order valence-electron chi connectivity index (χ0n) is 13.0. The number of nitrogens with one attached hydrogen (secondary N) is 2. The van der Waals surface area contributed by atoms with E-state index >= 15 is 0 Å². The second-order valence-electron chi connectivity index (χ2n) is 6.10. The topological polar surface area (TPSA) is 75.9 Å². The predicted molar refractivity (Wildman–Crippen MR) is 81.3 cm³/mol. The number of hydrazine groups is 1. The first-order valence-corrected chi connectivity index (χ1v) is 6.91. The molecule has 0 fully saturated rings. The maximum atomic E-state index is 5.55. The first kappa shape index (κ1) is 15.7. The molecular formula is C14H27N5. The summed E-state index contributed by atoms with van der Waals surface area (Å²) in [7, 11) is 0. The maximum Gasteiger partial charge on any atom is 0.148 e. The molecule has 0 aliphatic rings. The van der Waals surface area contributed by atoms with E-state index in [1.54, 1.807) is 0 Å². The van der Waals surface area contributed by atoms with Crippen molar-refractivity contribution in [1.29, 1.82) is 0 Å². The van der Waals surface area contributed by atoms with Crippen molar-refractivity contribution in [2.24, 2.45) is 5.84 Å². The third-order valence-electron chi connectivity index (χ3n) is 3.06. The van der Waals surface area contributed by atoms with Crippen molar-refractivity contribution >= 4 is 11.6 Å². The SMILES string of the molecule is CCCC(C)Nc1nc(C(C)(C)C)nc(NN)c1C.